The zero-order valence-electron chi connectivity index (χ0n) is 7.12. The highest BCUT2D eigenvalue weighted by molar-refractivity contribution is 5.77. The third-order valence-electron chi connectivity index (χ3n) is 2.48. The van der Waals surface area contributed by atoms with Gasteiger partial charge in [-0.2, -0.15) is 0 Å². The summed E-state index contributed by atoms with van der Waals surface area (Å²) in [5, 5.41) is 3.21. The number of esters is 1. The van der Waals surface area contributed by atoms with E-state index in [-0.39, 0.29) is 12.0 Å². The van der Waals surface area contributed by atoms with Gasteiger partial charge in [0.05, 0.1) is 6.61 Å². The highest BCUT2D eigenvalue weighted by atomic mass is 16.5. The molecule has 0 radical (unpaired) electrons. The standard InChI is InChI=1S/C9H13NO2/c1-2-12-9(11)8-6-3-4-7(5-6)10-8/h3-4,6-8,10H,2,5H2,1H3/t6-,7?,8-/m0/s1. The summed E-state index contributed by atoms with van der Waals surface area (Å²) in [7, 11) is 0. The zero-order chi connectivity index (χ0) is 8.55. The lowest BCUT2D eigenvalue weighted by atomic mass is 10.0. The molecule has 0 spiro atoms. The molecule has 1 unspecified atom stereocenters. The number of ether oxygens (including phenoxy) is 1. The van der Waals surface area contributed by atoms with Crippen molar-refractivity contribution in [2.45, 2.75) is 25.4 Å². The Labute approximate surface area is 71.8 Å². The first kappa shape index (κ1) is 7.80. The Bertz CT molecular complexity index is 225. The lowest BCUT2D eigenvalue weighted by Gasteiger charge is -2.17. The fraction of sp³-hybridized carbons (Fsp3) is 0.667. The van der Waals surface area contributed by atoms with Crippen LogP contribution in [-0.2, 0) is 9.53 Å². The second-order valence-corrected chi connectivity index (χ2v) is 3.29. The van der Waals surface area contributed by atoms with Crippen molar-refractivity contribution in [3.8, 4) is 0 Å². The summed E-state index contributed by atoms with van der Waals surface area (Å²) in [6.07, 6.45) is 5.30. The van der Waals surface area contributed by atoms with Crippen LogP contribution in [0, 0.1) is 5.92 Å². The molecule has 0 aromatic rings. The topological polar surface area (TPSA) is 38.3 Å². The van der Waals surface area contributed by atoms with Crippen molar-refractivity contribution in [1.29, 1.82) is 0 Å². The fourth-order valence-electron chi connectivity index (χ4n) is 1.93. The molecule has 2 aliphatic rings. The summed E-state index contributed by atoms with van der Waals surface area (Å²) in [5.74, 6) is 0.267. The van der Waals surface area contributed by atoms with E-state index in [0.717, 1.165) is 6.42 Å². The lowest BCUT2D eigenvalue weighted by molar-refractivity contribution is -0.146. The Morgan fingerprint density at radius 2 is 2.50 bits per heavy atom. The van der Waals surface area contributed by atoms with Gasteiger partial charge in [0.1, 0.15) is 6.04 Å². The van der Waals surface area contributed by atoms with Gasteiger partial charge in [-0.05, 0) is 13.3 Å². The van der Waals surface area contributed by atoms with E-state index in [1.807, 2.05) is 6.92 Å². The van der Waals surface area contributed by atoms with Gasteiger partial charge in [0.25, 0.3) is 0 Å². The minimum Gasteiger partial charge on any atom is -0.465 e. The van der Waals surface area contributed by atoms with E-state index < -0.39 is 0 Å². The molecule has 1 heterocycles. The number of rotatable bonds is 2. The normalized spacial score (nSPS) is 37.2. The maximum absolute atomic E-state index is 11.3. The monoisotopic (exact) mass is 167 g/mol. The Hall–Kier alpha value is -0.830. The zero-order valence-corrected chi connectivity index (χ0v) is 7.12. The quantitative estimate of drug-likeness (QED) is 0.480. The van der Waals surface area contributed by atoms with Crippen LogP contribution in [0.4, 0.5) is 0 Å². The van der Waals surface area contributed by atoms with Crippen molar-refractivity contribution >= 4 is 5.97 Å². The molecule has 12 heavy (non-hydrogen) atoms. The van der Waals surface area contributed by atoms with Crippen LogP contribution in [0.5, 0.6) is 0 Å². The van der Waals surface area contributed by atoms with Crippen molar-refractivity contribution in [3.63, 3.8) is 0 Å². The van der Waals surface area contributed by atoms with Gasteiger partial charge in [-0.25, -0.2) is 0 Å². The lowest BCUT2D eigenvalue weighted by Crippen LogP contribution is -2.40. The van der Waals surface area contributed by atoms with Gasteiger partial charge in [-0.3, -0.25) is 10.1 Å². The molecule has 1 saturated heterocycles. The van der Waals surface area contributed by atoms with Gasteiger partial charge >= 0.3 is 5.97 Å². The van der Waals surface area contributed by atoms with Gasteiger partial charge in [0, 0.05) is 12.0 Å². The molecule has 3 nitrogen and oxygen atoms in total. The molecule has 0 aromatic carbocycles. The second kappa shape index (κ2) is 2.90. The van der Waals surface area contributed by atoms with E-state index in [0.29, 0.717) is 18.6 Å². The minimum atomic E-state index is -0.102. The van der Waals surface area contributed by atoms with Crippen LogP contribution in [0.15, 0.2) is 12.2 Å². The third kappa shape index (κ3) is 1.14. The van der Waals surface area contributed by atoms with E-state index in [2.05, 4.69) is 17.5 Å². The number of hydrogen-bond donors (Lipinski definition) is 1. The fourth-order valence-corrected chi connectivity index (χ4v) is 1.93. The SMILES string of the molecule is CCOC(=O)[C@H]1NC2C=C[C@H]1C2. The molecule has 66 valence electrons. The predicted molar refractivity (Wildman–Crippen MR) is 44.6 cm³/mol. The van der Waals surface area contributed by atoms with Crippen LogP contribution >= 0.6 is 0 Å². The molecule has 2 bridgehead atoms. The Kier molecular flexibility index (Phi) is 1.89. The predicted octanol–water partition coefficient (Wildman–Crippen LogP) is 0.466. The Morgan fingerprint density at radius 3 is 3.00 bits per heavy atom. The number of carbonyl (C=O) groups excluding carboxylic acids is 1. The number of hydrogen-bond acceptors (Lipinski definition) is 3. The number of nitrogens with one attached hydrogen (secondary N) is 1. The van der Waals surface area contributed by atoms with E-state index in [4.69, 9.17) is 4.74 Å². The summed E-state index contributed by atoms with van der Waals surface area (Å²) in [4.78, 5) is 11.3. The molecule has 0 amide bonds. The van der Waals surface area contributed by atoms with Gasteiger partial charge in [-0.1, -0.05) is 12.2 Å². The summed E-state index contributed by atoms with van der Waals surface area (Å²) in [6.45, 7) is 2.30. The molecular formula is C9H13NO2. The van der Waals surface area contributed by atoms with Crippen molar-refractivity contribution in [2.75, 3.05) is 6.61 Å². The molecule has 0 saturated carbocycles. The van der Waals surface area contributed by atoms with Gasteiger partial charge in [0.15, 0.2) is 0 Å². The van der Waals surface area contributed by atoms with E-state index in [1.165, 1.54) is 0 Å². The Morgan fingerprint density at radius 1 is 1.67 bits per heavy atom. The van der Waals surface area contributed by atoms with Crippen molar-refractivity contribution < 1.29 is 9.53 Å². The van der Waals surface area contributed by atoms with Crippen LogP contribution in [0.2, 0.25) is 0 Å². The first-order chi connectivity index (χ1) is 5.81. The number of fused-ring (bicyclic) bond motifs is 2. The molecule has 1 aliphatic heterocycles. The molecule has 3 atom stereocenters. The minimum absolute atomic E-state index is 0.0834. The van der Waals surface area contributed by atoms with Crippen LogP contribution in [0.25, 0.3) is 0 Å². The highest BCUT2D eigenvalue weighted by Crippen LogP contribution is 2.29. The first-order valence-electron chi connectivity index (χ1n) is 4.42. The average molecular weight is 167 g/mol. The van der Waals surface area contributed by atoms with Crippen molar-refractivity contribution in [2.24, 2.45) is 5.92 Å². The molecule has 2 rings (SSSR count). The van der Waals surface area contributed by atoms with Crippen LogP contribution < -0.4 is 5.32 Å². The summed E-state index contributed by atoms with van der Waals surface area (Å²) in [5.41, 5.74) is 0. The molecule has 1 N–H and O–H groups in total. The summed E-state index contributed by atoms with van der Waals surface area (Å²) in [6, 6.07) is 0.323. The third-order valence-corrected chi connectivity index (χ3v) is 2.48. The molecular weight excluding hydrogens is 154 g/mol. The molecule has 3 heteroatoms. The van der Waals surface area contributed by atoms with Crippen LogP contribution in [0.3, 0.4) is 0 Å². The largest absolute Gasteiger partial charge is 0.465 e. The summed E-state index contributed by atoms with van der Waals surface area (Å²) >= 11 is 0. The average Bonchev–Trinajstić information content (AvgIpc) is 2.64. The molecule has 0 aromatic heterocycles. The highest BCUT2D eigenvalue weighted by Gasteiger charge is 2.39. The maximum Gasteiger partial charge on any atom is 0.323 e. The van der Waals surface area contributed by atoms with Gasteiger partial charge < -0.3 is 4.74 Å². The van der Waals surface area contributed by atoms with Gasteiger partial charge in [-0.15, -0.1) is 0 Å². The number of carbonyl (C=O) groups is 1. The van der Waals surface area contributed by atoms with E-state index in [9.17, 15) is 4.79 Å². The summed E-state index contributed by atoms with van der Waals surface area (Å²) < 4.78 is 4.94. The Balaban J connectivity index is 1.98. The van der Waals surface area contributed by atoms with E-state index >= 15 is 0 Å². The first-order valence-corrected chi connectivity index (χ1v) is 4.42. The van der Waals surface area contributed by atoms with Gasteiger partial charge in [0.2, 0.25) is 0 Å². The van der Waals surface area contributed by atoms with E-state index in [1.54, 1.807) is 0 Å². The van der Waals surface area contributed by atoms with Crippen LogP contribution in [-0.4, -0.2) is 24.7 Å². The maximum atomic E-state index is 11.3. The molecule has 1 fully saturated rings. The molecule has 1 aliphatic carbocycles. The van der Waals surface area contributed by atoms with Crippen LogP contribution in [0.1, 0.15) is 13.3 Å². The second-order valence-electron chi connectivity index (χ2n) is 3.29. The smallest absolute Gasteiger partial charge is 0.323 e. The van der Waals surface area contributed by atoms with Crippen molar-refractivity contribution in [1.82, 2.24) is 5.32 Å². The van der Waals surface area contributed by atoms with Crippen molar-refractivity contribution in [3.05, 3.63) is 12.2 Å².